The highest BCUT2D eigenvalue weighted by molar-refractivity contribution is 5.93. The minimum atomic E-state index is -3.66. The van der Waals surface area contributed by atoms with Crippen molar-refractivity contribution in [3.8, 4) is 0 Å². The normalized spacial score (nSPS) is 10.8. The first-order valence-electron chi connectivity index (χ1n) is 3.87. The zero-order chi connectivity index (χ0) is 13.3. The molecule has 9 heteroatoms. The van der Waals surface area contributed by atoms with E-state index in [-0.39, 0.29) is 0 Å². The molecule has 17 heavy (non-hydrogen) atoms. The summed E-state index contributed by atoms with van der Waals surface area (Å²) in [6, 6.07) is 0. The second kappa shape index (κ2) is 4.60. The van der Waals surface area contributed by atoms with E-state index in [1.165, 1.54) is 0 Å². The molecule has 0 bridgehead atoms. The van der Waals surface area contributed by atoms with Crippen molar-refractivity contribution in [3.05, 3.63) is 29.1 Å². The summed E-state index contributed by atoms with van der Waals surface area (Å²) in [5.41, 5.74) is -1.81. The molecule has 0 heterocycles. The molecule has 0 aliphatic carbocycles. The maximum atomic E-state index is 12.8. The van der Waals surface area contributed by atoms with Crippen molar-refractivity contribution < 1.29 is 35.5 Å². The Kier molecular flexibility index (Phi) is 3.59. The van der Waals surface area contributed by atoms with Crippen molar-refractivity contribution in [2.24, 2.45) is 0 Å². The van der Waals surface area contributed by atoms with E-state index in [9.17, 15) is 35.5 Å². The summed E-state index contributed by atoms with van der Waals surface area (Å²) < 4.78 is 86.8. The molecule has 0 fully saturated rings. The molecule has 0 unspecified atom stereocenters. The first-order valence-corrected chi connectivity index (χ1v) is 3.87. The Morgan fingerprint density at radius 2 is 1.18 bits per heavy atom. The van der Waals surface area contributed by atoms with Crippen molar-refractivity contribution in [2.45, 2.75) is 6.43 Å². The van der Waals surface area contributed by atoms with Crippen molar-refractivity contribution in [1.82, 2.24) is 0 Å². The number of nitrogens with one attached hydrogen (secondary N) is 1. The molecular weight excluding hydrogens is 259 g/mol. The van der Waals surface area contributed by atoms with Gasteiger partial charge in [0.05, 0.1) is 0 Å². The first-order chi connectivity index (χ1) is 7.77. The lowest BCUT2D eigenvalue weighted by Crippen LogP contribution is -2.22. The van der Waals surface area contributed by atoms with Gasteiger partial charge in [0.1, 0.15) is 5.69 Å². The highest BCUT2D eigenvalue weighted by atomic mass is 19.3. The van der Waals surface area contributed by atoms with Crippen LogP contribution >= 0.6 is 0 Å². The van der Waals surface area contributed by atoms with E-state index in [0.29, 0.717) is 0 Å². The minimum Gasteiger partial charge on any atom is -0.316 e. The van der Waals surface area contributed by atoms with Gasteiger partial charge in [-0.3, -0.25) is 4.79 Å². The van der Waals surface area contributed by atoms with Crippen LogP contribution in [0.5, 0.6) is 0 Å². The largest absolute Gasteiger partial charge is 0.316 e. The third-order valence-electron chi connectivity index (χ3n) is 1.66. The van der Waals surface area contributed by atoms with E-state index < -0.39 is 47.1 Å². The number of carbonyl (C=O) groups is 1. The summed E-state index contributed by atoms with van der Waals surface area (Å²) in [6.45, 7) is 0. The maximum Gasteiger partial charge on any atom is 0.315 e. The number of rotatable bonds is 2. The van der Waals surface area contributed by atoms with Gasteiger partial charge in [0.25, 0.3) is 5.91 Å². The van der Waals surface area contributed by atoms with E-state index in [2.05, 4.69) is 0 Å². The van der Waals surface area contributed by atoms with E-state index in [1.807, 2.05) is 0 Å². The lowest BCUT2D eigenvalue weighted by atomic mass is 10.2. The summed E-state index contributed by atoms with van der Waals surface area (Å²) in [6.07, 6.45) is -3.66. The SMILES string of the molecule is O=C(Nc1c(F)c(F)c(F)c(F)c1F)C(F)F. The fraction of sp³-hybridized carbons (Fsp3) is 0.125. The van der Waals surface area contributed by atoms with E-state index >= 15 is 0 Å². The third-order valence-corrected chi connectivity index (χ3v) is 1.66. The van der Waals surface area contributed by atoms with Crippen LogP contribution < -0.4 is 5.32 Å². The van der Waals surface area contributed by atoms with Gasteiger partial charge in [0, 0.05) is 0 Å². The number of benzene rings is 1. The van der Waals surface area contributed by atoms with Crippen LogP contribution in [0.3, 0.4) is 0 Å². The molecule has 0 atom stereocenters. The molecule has 1 N–H and O–H groups in total. The molecule has 1 aromatic rings. The standard InChI is InChI=1S/C8H2F7NO/c9-1-2(10)4(12)6(5(13)3(1)11)16-8(17)7(14)15/h7H,(H,16,17). The highest BCUT2D eigenvalue weighted by Gasteiger charge is 2.28. The summed E-state index contributed by atoms with van der Waals surface area (Å²) in [4.78, 5) is 10.4. The van der Waals surface area contributed by atoms with Crippen LogP contribution in [0.1, 0.15) is 0 Å². The van der Waals surface area contributed by atoms with Crippen molar-refractivity contribution in [1.29, 1.82) is 0 Å². The molecule has 94 valence electrons. The number of anilines is 1. The van der Waals surface area contributed by atoms with Gasteiger partial charge in [-0.2, -0.15) is 8.78 Å². The summed E-state index contributed by atoms with van der Waals surface area (Å²) in [5, 5.41) is 0.901. The number of carbonyl (C=O) groups excluding carboxylic acids is 1. The minimum absolute atomic E-state index is 0.901. The molecule has 1 rings (SSSR count). The smallest absolute Gasteiger partial charge is 0.315 e. The summed E-state index contributed by atoms with van der Waals surface area (Å²) >= 11 is 0. The van der Waals surface area contributed by atoms with Crippen LogP contribution in [0, 0.1) is 29.1 Å². The van der Waals surface area contributed by atoms with Crippen molar-refractivity contribution in [2.75, 3.05) is 5.32 Å². The van der Waals surface area contributed by atoms with Gasteiger partial charge in [0.15, 0.2) is 23.3 Å². The van der Waals surface area contributed by atoms with Crippen LogP contribution in [0.2, 0.25) is 0 Å². The highest BCUT2D eigenvalue weighted by Crippen LogP contribution is 2.27. The second-order valence-corrected chi connectivity index (χ2v) is 2.73. The number of hydrogen-bond donors (Lipinski definition) is 1. The molecule has 0 aliphatic rings. The van der Waals surface area contributed by atoms with Gasteiger partial charge in [-0.15, -0.1) is 0 Å². The molecule has 1 amide bonds. The molecule has 2 nitrogen and oxygen atoms in total. The average Bonchev–Trinajstić information content (AvgIpc) is 2.29. The molecule has 0 aliphatic heterocycles. The Hall–Kier alpha value is -1.80. The Balaban J connectivity index is 3.30. The molecule has 0 spiro atoms. The fourth-order valence-corrected chi connectivity index (χ4v) is 0.892. The Morgan fingerprint density at radius 1 is 0.824 bits per heavy atom. The van der Waals surface area contributed by atoms with Gasteiger partial charge < -0.3 is 5.32 Å². The van der Waals surface area contributed by atoms with Crippen LogP contribution in [-0.2, 0) is 4.79 Å². The van der Waals surface area contributed by atoms with Crippen LogP contribution in [0.4, 0.5) is 36.4 Å². The number of alkyl halides is 2. The Bertz CT molecular complexity index is 444. The second-order valence-electron chi connectivity index (χ2n) is 2.73. The predicted molar refractivity (Wildman–Crippen MR) is 40.9 cm³/mol. The number of hydrogen-bond acceptors (Lipinski definition) is 1. The molecular formula is C8H2F7NO. The van der Waals surface area contributed by atoms with Gasteiger partial charge in [-0.25, -0.2) is 22.0 Å². The lowest BCUT2D eigenvalue weighted by molar-refractivity contribution is -0.126. The quantitative estimate of drug-likeness (QED) is 0.495. The summed E-state index contributed by atoms with van der Waals surface area (Å²) in [7, 11) is 0. The van der Waals surface area contributed by atoms with Gasteiger partial charge >= 0.3 is 6.43 Å². The molecule has 0 saturated heterocycles. The zero-order valence-electron chi connectivity index (χ0n) is 7.63. The fourth-order valence-electron chi connectivity index (χ4n) is 0.892. The predicted octanol–water partition coefficient (Wildman–Crippen LogP) is 2.59. The van der Waals surface area contributed by atoms with Crippen molar-refractivity contribution in [3.63, 3.8) is 0 Å². The summed E-state index contributed by atoms with van der Waals surface area (Å²) in [5.74, 6) is -14.1. The lowest BCUT2D eigenvalue weighted by Gasteiger charge is -2.09. The van der Waals surface area contributed by atoms with E-state index in [4.69, 9.17) is 0 Å². The van der Waals surface area contributed by atoms with Gasteiger partial charge in [-0.1, -0.05) is 0 Å². The van der Waals surface area contributed by atoms with Crippen LogP contribution in [-0.4, -0.2) is 12.3 Å². The van der Waals surface area contributed by atoms with Crippen LogP contribution in [0.15, 0.2) is 0 Å². The molecule has 0 aromatic heterocycles. The number of amides is 1. The average molecular weight is 261 g/mol. The van der Waals surface area contributed by atoms with E-state index in [1.54, 1.807) is 0 Å². The van der Waals surface area contributed by atoms with Gasteiger partial charge in [-0.05, 0) is 0 Å². The molecule has 0 saturated carbocycles. The van der Waals surface area contributed by atoms with Gasteiger partial charge in [0.2, 0.25) is 5.82 Å². The maximum absolute atomic E-state index is 12.8. The molecule has 1 aromatic carbocycles. The first kappa shape index (κ1) is 13.3. The van der Waals surface area contributed by atoms with Crippen LogP contribution in [0.25, 0.3) is 0 Å². The van der Waals surface area contributed by atoms with Crippen molar-refractivity contribution >= 4 is 11.6 Å². The Labute approximate surface area is 89.0 Å². The topological polar surface area (TPSA) is 29.1 Å². The number of halogens is 7. The zero-order valence-corrected chi connectivity index (χ0v) is 7.63. The third kappa shape index (κ3) is 2.32. The molecule has 0 radical (unpaired) electrons. The monoisotopic (exact) mass is 261 g/mol. The Morgan fingerprint density at radius 3 is 1.53 bits per heavy atom. The van der Waals surface area contributed by atoms with E-state index in [0.717, 1.165) is 5.32 Å².